The number of aromatic nitrogens is 1. The second-order valence-electron chi connectivity index (χ2n) is 7.53. The molecule has 0 spiro atoms. The monoisotopic (exact) mass is 422 g/mol. The summed E-state index contributed by atoms with van der Waals surface area (Å²) in [6, 6.07) is 17.0. The van der Waals surface area contributed by atoms with Gasteiger partial charge in [-0.3, -0.25) is 9.69 Å². The minimum absolute atomic E-state index is 0.216. The first-order valence-corrected chi connectivity index (χ1v) is 10.4. The van der Waals surface area contributed by atoms with Crippen LogP contribution >= 0.6 is 0 Å². The molecular formula is C24H26N2O5. The zero-order chi connectivity index (χ0) is 21.6. The number of ether oxygens (including phenoxy) is 2. The molecule has 1 aliphatic heterocycles. The topological polar surface area (TPSA) is 85.0 Å². The van der Waals surface area contributed by atoms with Gasteiger partial charge in [0.25, 0.3) is 0 Å². The van der Waals surface area contributed by atoms with Gasteiger partial charge in [-0.05, 0) is 36.8 Å². The molecule has 2 aromatic carbocycles. The van der Waals surface area contributed by atoms with Crippen LogP contribution in [0.1, 0.15) is 17.0 Å². The van der Waals surface area contributed by atoms with Crippen LogP contribution in [-0.4, -0.2) is 53.4 Å². The third-order valence-corrected chi connectivity index (χ3v) is 5.33. The van der Waals surface area contributed by atoms with E-state index in [4.69, 9.17) is 13.9 Å². The van der Waals surface area contributed by atoms with Crippen molar-refractivity contribution in [1.82, 2.24) is 9.88 Å². The van der Waals surface area contributed by atoms with Gasteiger partial charge >= 0.3 is 5.97 Å². The molecular weight excluding hydrogens is 396 g/mol. The van der Waals surface area contributed by atoms with Crippen molar-refractivity contribution in [2.75, 3.05) is 26.4 Å². The van der Waals surface area contributed by atoms with Crippen LogP contribution in [0.3, 0.4) is 0 Å². The lowest BCUT2D eigenvalue weighted by atomic mass is 10.1. The quantitative estimate of drug-likeness (QED) is 0.594. The first kappa shape index (κ1) is 21.1. The van der Waals surface area contributed by atoms with Gasteiger partial charge in [-0.1, -0.05) is 30.3 Å². The van der Waals surface area contributed by atoms with Gasteiger partial charge in [0.15, 0.2) is 0 Å². The molecule has 7 heteroatoms. The minimum atomic E-state index is -0.857. The smallest absolute Gasteiger partial charge is 0.323 e. The molecule has 0 bridgehead atoms. The first-order chi connectivity index (χ1) is 15.1. The number of carboxylic acid groups (broad SMARTS) is 1. The molecule has 0 amide bonds. The number of hydrogen-bond donors (Lipinski definition) is 1. The van der Waals surface area contributed by atoms with E-state index in [1.165, 1.54) is 0 Å². The Labute approximate surface area is 181 Å². The third-order valence-electron chi connectivity index (χ3n) is 5.33. The molecule has 7 nitrogen and oxygen atoms in total. The molecule has 162 valence electrons. The highest BCUT2D eigenvalue weighted by Gasteiger charge is 2.29. The summed E-state index contributed by atoms with van der Waals surface area (Å²) < 4.78 is 17.1. The summed E-state index contributed by atoms with van der Waals surface area (Å²) in [6.45, 7) is 4.28. The summed E-state index contributed by atoms with van der Waals surface area (Å²) in [4.78, 5) is 18.0. The van der Waals surface area contributed by atoms with E-state index in [1.807, 2.05) is 66.4 Å². The van der Waals surface area contributed by atoms with Gasteiger partial charge in [0, 0.05) is 25.1 Å². The Morgan fingerprint density at radius 2 is 2.06 bits per heavy atom. The van der Waals surface area contributed by atoms with E-state index >= 15 is 0 Å². The number of hydrogen-bond acceptors (Lipinski definition) is 6. The average Bonchev–Trinajstić information content (AvgIpc) is 3.15. The number of aryl methyl sites for hydroxylation is 1. The maximum absolute atomic E-state index is 11.5. The second-order valence-corrected chi connectivity index (χ2v) is 7.53. The SMILES string of the molecule is Cc1oc(-c2ccccc2)nc1CCOc1cccc(CN2CCOC[C@H]2C(=O)O)c1. The number of oxazole rings is 1. The highest BCUT2D eigenvalue weighted by Crippen LogP contribution is 2.22. The predicted molar refractivity (Wildman–Crippen MR) is 115 cm³/mol. The van der Waals surface area contributed by atoms with Crippen LogP contribution in [0.15, 0.2) is 59.0 Å². The number of rotatable bonds is 8. The van der Waals surface area contributed by atoms with Crippen LogP contribution in [-0.2, 0) is 22.5 Å². The van der Waals surface area contributed by atoms with Crippen LogP contribution < -0.4 is 4.74 Å². The molecule has 4 rings (SSSR count). The van der Waals surface area contributed by atoms with E-state index in [9.17, 15) is 9.90 Å². The van der Waals surface area contributed by atoms with Crippen LogP contribution in [0.5, 0.6) is 5.75 Å². The Kier molecular flexibility index (Phi) is 6.64. The molecule has 1 N–H and O–H groups in total. The van der Waals surface area contributed by atoms with Crippen LogP contribution in [0.4, 0.5) is 0 Å². The molecule has 31 heavy (non-hydrogen) atoms. The molecule has 2 heterocycles. The summed E-state index contributed by atoms with van der Waals surface area (Å²) in [5.41, 5.74) is 2.84. The van der Waals surface area contributed by atoms with Crippen LogP contribution in [0.25, 0.3) is 11.5 Å². The summed E-state index contributed by atoms with van der Waals surface area (Å²) in [5, 5.41) is 9.40. The van der Waals surface area contributed by atoms with Crippen molar-refractivity contribution >= 4 is 5.97 Å². The predicted octanol–water partition coefficient (Wildman–Crippen LogP) is 3.56. The largest absolute Gasteiger partial charge is 0.493 e. The van der Waals surface area contributed by atoms with E-state index < -0.39 is 12.0 Å². The van der Waals surface area contributed by atoms with Crippen LogP contribution in [0.2, 0.25) is 0 Å². The fourth-order valence-corrected chi connectivity index (χ4v) is 3.65. The van der Waals surface area contributed by atoms with Gasteiger partial charge in [0.1, 0.15) is 17.6 Å². The molecule has 1 aliphatic rings. The molecule has 0 unspecified atom stereocenters. The molecule has 0 saturated carbocycles. The number of benzene rings is 2. The van der Waals surface area contributed by atoms with E-state index in [-0.39, 0.29) is 6.61 Å². The first-order valence-electron chi connectivity index (χ1n) is 10.4. The molecule has 3 aromatic rings. The van der Waals surface area contributed by atoms with Crippen molar-refractivity contribution in [2.45, 2.75) is 25.9 Å². The Balaban J connectivity index is 1.35. The lowest BCUT2D eigenvalue weighted by Crippen LogP contribution is -2.49. The lowest BCUT2D eigenvalue weighted by molar-refractivity contribution is -0.150. The number of carboxylic acids is 1. The van der Waals surface area contributed by atoms with Gasteiger partial charge in [-0.15, -0.1) is 0 Å². The normalized spacial score (nSPS) is 16.9. The highest BCUT2D eigenvalue weighted by atomic mass is 16.5. The summed E-state index contributed by atoms with van der Waals surface area (Å²) in [5.74, 6) is 1.31. The zero-order valence-corrected chi connectivity index (χ0v) is 17.5. The average molecular weight is 422 g/mol. The minimum Gasteiger partial charge on any atom is -0.493 e. The van der Waals surface area contributed by atoms with Crippen molar-refractivity contribution < 1.29 is 23.8 Å². The summed E-state index contributed by atoms with van der Waals surface area (Å²) in [7, 11) is 0. The maximum Gasteiger partial charge on any atom is 0.323 e. The standard InChI is InChI=1S/C24H26N2O5/c1-17-21(25-23(31-17)19-7-3-2-4-8-19)10-12-30-20-9-5-6-18(14-20)15-26-11-13-29-16-22(26)24(27)28/h2-9,14,22H,10-13,15-16H2,1H3,(H,27,28)/t22-/m0/s1. The highest BCUT2D eigenvalue weighted by molar-refractivity contribution is 5.73. The number of aliphatic carboxylic acids is 1. The number of morpholine rings is 1. The van der Waals surface area contributed by atoms with Crippen molar-refractivity contribution in [3.05, 3.63) is 71.6 Å². The van der Waals surface area contributed by atoms with Gasteiger partial charge < -0.3 is 19.0 Å². The van der Waals surface area contributed by atoms with Gasteiger partial charge in [-0.2, -0.15) is 0 Å². The zero-order valence-electron chi connectivity index (χ0n) is 17.5. The Morgan fingerprint density at radius 1 is 1.23 bits per heavy atom. The second kappa shape index (κ2) is 9.76. The molecule has 0 aliphatic carbocycles. The van der Waals surface area contributed by atoms with Crippen molar-refractivity contribution in [3.8, 4) is 17.2 Å². The third kappa shape index (κ3) is 5.31. The molecule has 1 atom stereocenters. The Hall–Kier alpha value is -3.16. The Morgan fingerprint density at radius 3 is 2.87 bits per heavy atom. The van der Waals surface area contributed by atoms with E-state index in [1.54, 1.807) is 0 Å². The molecule has 1 saturated heterocycles. The fraction of sp³-hybridized carbons (Fsp3) is 0.333. The van der Waals surface area contributed by atoms with E-state index in [2.05, 4.69) is 4.98 Å². The molecule has 1 fully saturated rings. The molecule has 0 radical (unpaired) electrons. The van der Waals surface area contributed by atoms with E-state index in [0.717, 1.165) is 28.3 Å². The summed E-state index contributed by atoms with van der Waals surface area (Å²) in [6.07, 6.45) is 0.636. The van der Waals surface area contributed by atoms with Crippen molar-refractivity contribution in [2.24, 2.45) is 0 Å². The lowest BCUT2D eigenvalue weighted by Gasteiger charge is -2.32. The maximum atomic E-state index is 11.5. The van der Waals surface area contributed by atoms with Gasteiger partial charge in [0.2, 0.25) is 5.89 Å². The van der Waals surface area contributed by atoms with Gasteiger partial charge in [0.05, 0.1) is 25.5 Å². The fourth-order valence-electron chi connectivity index (χ4n) is 3.65. The Bertz CT molecular complexity index is 1020. The molecule has 1 aromatic heterocycles. The number of carbonyl (C=O) groups is 1. The van der Waals surface area contributed by atoms with Gasteiger partial charge in [-0.25, -0.2) is 4.98 Å². The summed E-state index contributed by atoms with van der Waals surface area (Å²) >= 11 is 0. The van der Waals surface area contributed by atoms with Crippen molar-refractivity contribution in [1.29, 1.82) is 0 Å². The van der Waals surface area contributed by atoms with Crippen LogP contribution in [0, 0.1) is 6.92 Å². The van der Waals surface area contributed by atoms with Crippen molar-refractivity contribution in [3.63, 3.8) is 0 Å². The number of nitrogens with zero attached hydrogens (tertiary/aromatic N) is 2. The van der Waals surface area contributed by atoms with E-state index in [0.29, 0.717) is 38.6 Å².